The first-order valence-electron chi connectivity index (χ1n) is 8.25. The number of hydrogen-bond acceptors (Lipinski definition) is 5. The van der Waals surface area contributed by atoms with E-state index in [1.54, 1.807) is 29.2 Å². The Morgan fingerprint density at radius 3 is 2.52 bits per heavy atom. The number of rotatable bonds is 4. The summed E-state index contributed by atoms with van der Waals surface area (Å²) in [6.07, 6.45) is -0.0156. The smallest absolute Gasteiger partial charge is 0.268 e. The second-order valence-electron chi connectivity index (χ2n) is 6.08. The van der Waals surface area contributed by atoms with Crippen molar-refractivity contribution in [3.8, 4) is 0 Å². The zero-order valence-corrected chi connectivity index (χ0v) is 13.8. The van der Waals surface area contributed by atoms with Crippen LogP contribution in [0.4, 0.5) is 5.69 Å². The molecule has 3 rings (SSSR count). The summed E-state index contributed by atoms with van der Waals surface area (Å²) in [5.74, 6) is -1.77. The molecule has 1 aromatic carbocycles. The van der Waals surface area contributed by atoms with E-state index in [4.69, 9.17) is 4.74 Å². The molecule has 2 N–H and O–H groups in total. The number of nitrogens with zero attached hydrogens (tertiary/aromatic N) is 2. The van der Waals surface area contributed by atoms with E-state index in [9.17, 15) is 19.5 Å². The predicted molar refractivity (Wildman–Crippen MR) is 88.8 cm³/mol. The van der Waals surface area contributed by atoms with E-state index < -0.39 is 17.4 Å². The number of carbonyl (C=O) groups excluding carboxylic acids is 3. The van der Waals surface area contributed by atoms with Crippen LogP contribution in [0, 0.1) is 0 Å². The van der Waals surface area contributed by atoms with Gasteiger partial charge in [0.25, 0.3) is 11.8 Å². The van der Waals surface area contributed by atoms with Gasteiger partial charge in [-0.2, -0.15) is 0 Å². The number of hydrogen-bond donors (Lipinski definition) is 2. The number of anilines is 1. The van der Waals surface area contributed by atoms with E-state index in [0.29, 0.717) is 32.0 Å². The number of amides is 3. The monoisotopic (exact) mass is 347 g/mol. The second-order valence-corrected chi connectivity index (χ2v) is 6.08. The largest absolute Gasteiger partial charge is 0.378 e. The Kier molecular flexibility index (Phi) is 5.00. The maximum Gasteiger partial charge on any atom is 0.268 e. The molecule has 2 fully saturated rings. The highest BCUT2D eigenvalue weighted by atomic mass is 16.5. The summed E-state index contributed by atoms with van der Waals surface area (Å²) < 4.78 is 5.17. The summed E-state index contributed by atoms with van der Waals surface area (Å²) >= 11 is 0. The number of nitrogens with one attached hydrogen (secondary N) is 1. The van der Waals surface area contributed by atoms with E-state index in [0.717, 1.165) is 0 Å². The van der Waals surface area contributed by atoms with Crippen LogP contribution in [-0.4, -0.2) is 72.7 Å². The van der Waals surface area contributed by atoms with Crippen molar-refractivity contribution in [2.24, 2.45) is 0 Å². The van der Waals surface area contributed by atoms with Gasteiger partial charge in [-0.05, 0) is 12.1 Å². The highest BCUT2D eigenvalue weighted by Gasteiger charge is 2.51. The number of aliphatic hydroxyl groups is 1. The van der Waals surface area contributed by atoms with E-state index in [1.165, 1.54) is 4.90 Å². The molecule has 2 heterocycles. The summed E-state index contributed by atoms with van der Waals surface area (Å²) in [6.45, 7) is 1.87. The molecule has 8 heteroatoms. The minimum Gasteiger partial charge on any atom is -0.378 e. The molecule has 0 aromatic heterocycles. The van der Waals surface area contributed by atoms with Gasteiger partial charge in [-0.3, -0.25) is 14.4 Å². The van der Waals surface area contributed by atoms with E-state index >= 15 is 0 Å². The van der Waals surface area contributed by atoms with Gasteiger partial charge in [-0.25, -0.2) is 0 Å². The maximum absolute atomic E-state index is 12.5. The molecule has 0 saturated carbocycles. The minimum atomic E-state index is -2.14. The first-order chi connectivity index (χ1) is 12.0. The third-order valence-electron chi connectivity index (χ3n) is 4.50. The van der Waals surface area contributed by atoms with Crippen LogP contribution in [0.2, 0.25) is 0 Å². The van der Waals surface area contributed by atoms with Crippen molar-refractivity contribution in [1.29, 1.82) is 0 Å². The topological polar surface area (TPSA) is 99.2 Å². The lowest BCUT2D eigenvalue weighted by molar-refractivity contribution is -0.150. The molecule has 0 radical (unpaired) electrons. The molecule has 3 amide bonds. The summed E-state index contributed by atoms with van der Waals surface area (Å²) in [7, 11) is 0. The molecule has 2 aliphatic heterocycles. The molecule has 2 aliphatic rings. The molecule has 0 bridgehead atoms. The lowest BCUT2D eigenvalue weighted by atomic mass is 10.0. The van der Waals surface area contributed by atoms with Crippen LogP contribution in [0.1, 0.15) is 6.42 Å². The molecule has 1 unspecified atom stereocenters. The minimum absolute atomic E-state index is 0.0156. The summed E-state index contributed by atoms with van der Waals surface area (Å²) in [5.41, 5.74) is -1.51. The summed E-state index contributed by atoms with van der Waals surface area (Å²) in [4.78, 5) is 39.9. The fourth-order valence-electron chi connectivity index (χ4n) is 3.00. The summed E-state index contributed by atoms with van der Waals surface area (Å²) in [5, 5.41) is 12.9. The fourth-order valence-corrected chi connectivity index (χ4v) is 3.00. The molecule has 134 valence electrons. The van der Waals surface area contributed by atoms with Crippen molar-refractivity contribution < 1.29 is 24.2 Å². The Labute approximate surface area is 145 Å². The predicted octanol–water partition coefficient (Wildman–Crippen LogP) is -0.871. The van der Waals surface area contributed by atoms with Crippen LogP contribution in [0.5, 0.6) is 0 Å². The average molecular weight is 347 g/mol. The quantitative estimate of drug-likeness (QED) is 0.690. The SMILES string of the molecule is O=C(CNC(=O)C1(O)CCN(c2ccccc2)C1=O)N1CCOCC1. The van der Waals surface area contributed by atoms with Crippen LogP contribution in [0.15, 0.2) is 30.3 Å². The van der Waals surface area contributed by atoms with Crippen LogP contribution in [0.25, 0.3) is 0 Å². The Morgan fingerprint density at radius 1 is 1.16 bits per heavy atom. The molecule has 0 spiro atoms. The van der Waals surface area contributed by atoms with Gasteiger partial charge in [0.05, 0.1) is 19.8 Å². The van der Waals surface area contributed by atoms with Crippen LogP contribution >= 0.6 is 0 Å². The third kappa shape index (κ3) is 3.49. The Bertz CT molecular complexity index is 660. The first kappa shape index (κ1) is 17.4. The van der Waals surface area contributed by atoms with E-state index in [2.05, 4.69) is 5.32 Å². The number of morpholine rings is 1. The molecule has 1 aromatic rings. The van der Waals surface area contributed by atoms with Crippen molar-refractivity contribution in [1.82, 2.24) is 10.2 Å². The first-order valence-corrected chi connectivity index (χ1v) is 8.25. The van der Waals surface area contributed by atoms with Crippen molar-refractivity contribution in [3.63, 3.8) is 0 Å². The van der Waals surface area contributed by atoms with Crippen molar-refractivity contribution in [2.45, 2.75) is 12.0 Å². The normalized spacial score (nSPS) is 23.6. The third-order valence-corrected chi connectivity index (χ3v) is 4.50. The molecular weight excluding hydrogens is 326 g/mol. The molecular formula is C17H21N3O5. The van der Waals surface area contributed by atoms with Gasteiger partial charge in [0.15, 0.2) is 0 Å². The van der Waals surface area contributed by atoms with Crippen molar-refractivity contribution in [3.05, 3.63) is 30.3 Å². The lowest BCUT2D eigenvalue weighted by Gasteiger charge is -2.27. The number of ether oxygens (including phenoxy) is 1. The van der Waals surface area contributed by atoms with Crippen LogP contribution < -0.4 is 10.2 Å². The van der Waals surface area contributed by atoms with Gasteiger partial charge in [-0.1, -0.05) is 18.2 Å². The van der Waals surface area contributed by atoms with Gasteiger partial charge in [0, 0.05) is 31.7 Å². The van der Waals surface area contributed by atoms with Crippen LogP contribution in [-0.2, 0) is 19.1 Å². The van der Waals surface area contributed by atoms with Gasteiger partial charge in [0.1, 0.15) is 0 Å². The Morgan fingerprint density at radius 2 is 1.84 bits per heavy atom. The highest BCUT2D eigenvalue weighted by molar-refractivity contribution is 6.16. The molecule has 25 heavy (non-hydrogen) atoms. The second kappa shape index (κ2) is 7.20. The van der Waals surface area contributed by atoms with E-state index in [-0.39, 0.29) is 25.4 Å². The van der Waals surface area contributed by atoms with Gasteiger partial charge < -0.3 is 25.0 Å². The zero-order chi connectivity index (χ0) is 17.9. The maximum atomic E-state index is 12.5. The van der Waals surface area contributed by atoms with Gasteiger partial charge >= 0.3 is 0 Å². The standard InChI is InChI=1S/C17H21N3O5/c21-14(19-8-10-25-11-9-19)12-18-15(22)17(24)6-7-20(16(17)23)13-4-2-1-3-5-13/h1-5,24H,6-12H2,(H,18,22). The Balaban J connectivity index is 1.59. The average Bonchev–Trinajstić information content (AvgIpc) is 2.97. The molecule has 0 aliphatic carbocycles. The summed E-state index contributed by atoms with van der Waals surface area (Å²) in [6, 6.07) is 8.86. The number of para-hydroxylation sites is 1. The van der Waals surface area contributed by atoms with Gasteiger partial charge in [0.2, 0.25) is 11.5 Å². The van der Waals surface area contributed by atoms with Crippen molar-refractivity contribution in [2.75, 3.05) is 44.3 Å². The highest BCUT2D eigenvalue weighted by Crippen LogP contribution is 2.28. The Hall–Kier alpha value is -2.45. The zero-order valence-electron chi connectivity index (χ0n) is 13.8. The van der Waals surface area contributed by atoms with Crippen molar-refractivity contribution >= 4 is 23.4 Å². The molecule has 1 atom stereocenters. The fraction of sp³-hybridized carbons (Fsp3) is 0.471. The van der Waals surface area contributed by atoms with Gasteiger partial charge in [-0.15, -0.1) is 0 Å². The molecule has 2 saturated heterocycles. The van der Waals surface area contributed by atoms with Crippen LogP contribution in [0.3, 0.4) is 0 Å². The van der Waals surface area contributed by atoms with E-state index in [1.807, 2.05) is 6.07 Å². The molecule has 8 nitrogen and oxygen atoms in total. The number of carbonyl (C=O) groups is 3. The lowest BCUT2D eigenvalue weighted by Crippen LogP contribution is -2.55. The number of benzene rings is 1.